The first-order valence-corrected chi connectivity index (χ1v) is 9.17. The lowest BCUT2D eigenvalue weighted by Gasteiger charge is -2.14. The molecule has 0 amide bonds. The van der Waals surface area contributed by atoms with Gasteiger partial charge in [-0.3, -0.25) is 0 Å². The molecule has 1 N–H and O–H groups in total. The maximum atomic E-state index is 12.3. The lowest BCUT2D eigenvalue weighted by Crippen LogP contribution is -2.28. The third-order valence-corrected chi connectivity index (χ3v) is 5.20. The summed E-state index contributed by atoms with van der Waals surface area (Å²) in [4.78, 5) is 0.308. The number of aryl methyl sites for hydroxylation is 1. The summed E-state index contributed by atoms with van der Waals surface area (Å²) in [5.41, 5.74) is 1.85. The van der Waals surface area contributed by atoms with Crippen LogP contribution in [0.4, 0.5) is 0 Å². The van der Waals surface area contributed by atoms with E-state index < -0.39 is 10.0 Å². The van der Waals surface area contributed by atoms with E-state index in [9.17, 15) is 8.42 Å². The van der Waals surface area contributed by atoms with Crippen LogP contribution in [-0.4, -0.2) is 21.6 Å². The van der Waals surface area contributed by atoms with E-state index in [0.29, 0.717) is 10.8 Å². The Hall–Kier alpha value is -1.85. The summed E-state index contributed by atoms with van der Waals surface area (Å²) in [7, 11) is -3.50. The molecule has 2 aromatic rings. The maximum absolute atomic E-state index is 12.3. The molecule has 0 unspecified atom stereocenters. The number of benzene rings is 2. The van der Waals surface area contributed by atoms with Crippen molar-refractivity contribution in [2.45, 2.75) is 31.6 Å². The predicted octanol–water partition coefficient (Wildman–Crippen LogP) is 3.48. The first-order chi connectivity index (χ1) is 10.9. The molecule has 0 aliphatic carbocycles. The van der Waals surface area contributed by atoms with Crippen molar-refractivity contribution in [2.24, 2.45) is 0 Å². The van der Waals surface area contributed by atoms with Gasteiger partial charge < -0.3 is 4.74 Å². The largest absolute Gasteiger partial charge is 0.492 e. The monoisotopic (exact) mass is 333 g/mol. The minimum atomic E-state index is -3.50. The van der Waals surface area contributed by atoms with Gasteiger partial charge in [-0.25, -0.2) is 13.1 Å². The fraction of sp³-hybridized carbons (Fsp3) is 0.333. The van der Waals surface area contributed by atoms with E-state index in [1.165, 1.54) is 0 Å². The molecule has 0 fully saturated rings. The Morgan fingerprint density at radius 2 is 1.70 bits per heavy atom. The van der Waals surface area contributed by atoms with Crippen molar-refractivity contribution in [1.82, 2.24) is 4.72 Å². The predicted molar refractivity (Wildman–Crippen MR) is 92.4 cm³/mol. The van der Waals surface area contributed by atoms with E-state index in [-0.39, 0.29) is 13.2 Å². The molecular formula is C18H23NO3S. The Labute approximate surface area is 138 Å². The normalized spacial score (nSPS) is 11.7. The van der Waals surface area contributed by atoms with Crippen molar-refractivity contribution >= 4 is 10.0 Å². The third kappa shape index (κ3) is 4.56. The van der Waals surface area contributed by atoms with Crippen LogP contribution >= 0.6 is 0 Å². The molecule has 0 atom stereocenters. The number of rotatable bonds is 7. The Balaban J connectivity index is 1.95. The van der Waals surface area contributed by atoms with Gasteiger partial charge in [0.05, 0.1) is 4.90 Å². The first-order valence-electron chi connectivity index (χ1n) is 7.69. The van der Waals surface area contributed by atoms with Crippen LogP contribution in [0.5, 0.6) is 5.75 Å². The van der Waals surface area contributed by atoms with Crippen molar-refractivity contribution in [3.8, 4) is 5.75 Å². The van der Waals surface area contributed by atoms with Crippen LogP contribution in [0.15, 0.2) is 53.4 Å². The van der Waals surface area contributed by atoms with Gasteiger partial charge in [-0.1, -0.05) is 50.2 Å². The molecule has 0 bridgehead atoms. The Morgan fingerprint density at radius 1 is 1.04 bits per heavy atom. The molecule has 5 heteroatoms. The van der Waals surface area contributed by atoms with E-state index in [2.05, 4.69) is 18.6 Å². The summed E-state index contributed by atoms with van der Waals surface area (Å²) in [6.45, 7) is 6.49. The summed E-state index contributed by atoms with van der Waals surface area (Å²) in [5.74, 6) is 1.16. The molecule has 0 aromatic heterocycles. The molecule has 124 valence electrons. The Bertz CT molecular complexity index is 754. The second kappa shape index (κ2) is 7.62. The van der Waals surface area contributed by atoms with Crippen molar-refractivity contribution < 1.29 is 13.2 Å². The van der Waals surface area contributed by atoms with Gasteiger partial charge in [0.2, 0.25) is 10.0 Å². The average molecular weight is 333 g/mol. The van der Waals surface area contributed by atoms with Crippen molar-refractivity contribution in [3.63, 3.8) is 0 Å². The second-order valence-electron chi connectivity index (χ2n) is 5.70. The molecule has 0 radical (unpaired) electrons. The molecule has 4 nitrogen and oxygen atoms in total. The molecule has 0 heterocycles. The number of nitrogens with one attached hydrogen (secondary N) is 1. The van der Waals surface area contributed by atoms with Crippen LogP contribution < -0.4 is 9.46 Å². The molecule has 23 heavy (non-hydrogen) atoms. The van der Waals surface area contributed by atoms with Crippen LogP contribution in [0.2, 0.25) is 0 Å². The standard InChI is InChI=1S/C18H23NO3S/c1-14(2)16-9-5-6-10-17(16)22-13-12-19-23(20,21)18-11-7-4-8-15(18)3/h4-11,14,19H,12-13H2,1-3H3. The summed E-state index contributed by atoms with van der Waals surface area (Å²) in [5, 5.41) is 0. The van der Waals surface area contributed by atoms with E-state index >= 15 is 0 Å². The zero-order chi connectivity index (χ0) is 16.9. The number of para-hydroxylation sites is 1. The van der Waals surface area contributed by atoms with Gasteiger partial charge in [-0.2, -0.15) is 0 Å². The molecule has 2 aromatic carbocycles. The van der Waals surface area contributed by atoms with Gasteiger partial charge in [0.25, 0.3) is 0 Å². The first kappa shape index (κ1) is 17.5. The highest BCUT2D eigenvalue weighted by Gasteiger charge is 2.15. The topological polar surface area (TPSA) is 55.4 Å². The van der Waals surface area contributed by atoms with Gasteiger partial charge in [-0.15, -0.1) is 0 Å². The summed E-state index contributed by atoms with van der Waals surface area (Å²) >= 11 is 0. The van der Waals surface area contributed by atoms with E-state index in [4.69, 9.17) is 4.74 Å². The number of sulfonamides is 1. The second-order valence-corrected chi connectivity index (χ2v) is 7.44. The third-order valence-electron chi connectivity index (χ3n) is 3.58. The molecule has 2 rings (SSSR count). The van der Waals surface area contributed by atoms with Crippen LogP contribution in [0, 0.1) is 6.92 Å². The number of hydrogen-bond donors (Lipinski definition) is 1. The van der Waals surface area contributed by atoms with Gasteiger partial charge in [-0.05, 0) is 36.1 Å². The zero-order valence-corrected chi connectivity index (χ0v) is 14.6. The fourth-order valence-corrected chi connectivity index (χ4v) is 3.62. The minimum absolute atomic E-state index is 0.225. The molecular weight excluding hydrogens is 310 g/mol. The smallest absolute Gasteiger partial charge is 0.240 e. The van der Waals surface area contributed by atoms with Crippen molar-refractivity contribution in [1.29, 1.82) is 0 Å². The highest BCUT2D eigenvalue weighted by atomic mass is 32.2. The van der Waals surface area contributed by atoms with Gasteiger partial charge >= 0.3 is 0 Å². The van der Waals surface area contributed by atoms with Crippen molar-refractivity contribution in [3.05, 3.63) is 59.7 Å². The molecule has 0 spiro atoms. The summed E-state index contributed by atoms with van der Waals surface area (Å²) in [6, 6.07) is 14.7. The highest BCUT2D eigenvalue weighted by Crippen LogP contribution is 2.25. The average Bonchev–Trinajstić information content (AvgIpc) is 2.52. The van der Waals surface area contributed by atoms with Gasteiger partial charge in [0, 0.05) is 6.54 Å². The minimum Gasteiger partial charge on any atom is -0.492 e. The van der Waals surface area contributed by atoms with E-state index in [1.54, 1.807) is 25.1 Å². The van der Waals surface area contributed by atoms with Crippen LogP contribution in [0.25, 0.3) is 0 Å². The van der Waals surface area contributed by atoms with Crippen LogP contribution in [0.3, 0.4) is 0 Å². The molecule has 0 aliphatic heterocycles. The van der Waals surface area contributed by atoms with Crippen LogP contribution in [0.1, 0.15) is 30.9 Å². The Kier molecular flexibility index (Phi) is 5.80. The molecule has 0 aliphatic rings. The lowest BCUT2D eigenvalue weighted by molar-refractivity contribution is 0.318. The summed E-state index contributed by atoms with van der Waals surface area (Å²) < 4.78 is 32.9. The number of ether oxygens (including phenoxy) is 1. The van der Waals surface area contributed by atoms with Crippen molar-refractivity contribution in [2.75, 3.05) is 13.2 Å². The zero-order valence-electron chi connectivity index (χ0n) is 13.7. The fourth-order valence-electron chi connectivity index (χ4n) is 2.36. The number of hydrogen-bond acceptors (Lipinski definition) is 3. The van der Waals surface area contributed by atoms with Crippen LogP contribution in [-0.2, 0) is 10.0 Å². The molecule has 0 saturated heterocycles. The Morgan fingerprint density at radius 3 is 2.39 bits per heavy atom. The lowest BCUT2D eigenvalue weighted by atomic mass is 10.0. The quantitative estimate of drug-likeness (QED) is 0.789. The van der Waals surface area contributed by atoms with Gasteiger partial charge in [0.15, 0.2) is 0 Å². The highest BCUT2D eigenvalue weighted by molar-refractivity contribution is 7.89. The SMILES string of the molecule is Cc1ccccc1S(=O)(=O)NCCOc1ccccc1C(C)C. The van der Waals surface area contributed by atoms with Gasteiger partial charge in [0.1, 0.15) is 12.4 Å². The van der Waals surface area contributed by atoms with E-state index in [0.717, 1.165) is 16.9 Å². The van der Waals surface area contributed by atoms with E-state index in [1.807, 2.05) is 30.3 Å². The summed E-state index contributed by atoms with van der Waals surface area (Å²) in [6.07, 6.45) is 0. The maximum Gasteiger partial charge on any atom is 0.240 e. The molecule has 0 saturated carbocycles.